The van der Waals surface area contributed by atoms with Crippen LogP contribution in [0.2, 0.25) is 0 Å². The molecule has 1 aromatic carbocycles. The molecule has 1 aromatic heterocycles. The molecule has 0 spiro atoms. The van der Waals surface area contributed by atoms with E-state index in [0.717, 1.165) is 5.56 Å². The number of hydrogen-bond donors (Lipinski definition) is 1. The first-order valence-electron chi connectivity index (χ1n) is 5.51. The molecule has 0 unspecified atom stereocenters. The number of nitrogens with zero attached hydrogens (tertiary/aromatic N) is 1. The molecule has 2 aromatic rings. The van der Waals surface area contributed by atoms with Crippen molar-refractivity contribution in [2.24, 2.45) is 0 Å². The van der Waals surface area contributed by atoms with Gasteiger partial charge >= 0.3 is 5.97 Å². The van der Waals surface area contributed by atoms with Gasteiger partial charge in [-0.1, -0.05) is 30.3 Å². The first kappa shape index (κ1) is 12.3. The predicted octanol–water partition coefficient (Wildman–Crippen LogP) is 2.33. The van der Waals surface area contributed by atoms with Gasteiger partial charge in [0.25, 0.3) is 0 Å². The number of carboxylic acids is 1. The maximum Gasteiger partial charge on any atom is 0.332 e. The smallest absolute Gasteiger partial charge is 0.332 e. The van der Waals surface area contributed by atoms with E-state index in [0.29, 0.717) is 11.7 Å². The second-order valence-corrected chi connectivity index (χ2v) is 3.78. The first-order chi connectivity index (χ1) is 8.66. The van der Waals surface area contributed by atoms with Crippen LogP contribution in [0.25, 0.3) is 11.3 Å². The van der Waals surface area contributed by atoms with Crippen molar-refractivity contribution in [3.63, 3.8) is 0 Å². The fraction of sp³-hybridized carbons (Fsp3) is 0.231. The van der Waals surface area contributed by atoms with Crippen LogP contribution < -0.4 is 0 Å². The first-order valence-corrected chi connectivity index (χ1v) is 5.51. The van der Waals surface area contributed by atoms with E-state index < -0.39 is 12.1 Å². The Morgan fingerprint density at radius 3 is 2.83 bits per heavy atom. The average molecular weight is 247 g/mol. The molecule has 5 nitrogen and oxygen atoms in total. The van der Waals surface area contributed by atoms with Crippen molar-refractivity contribution in [3.05, 3.63) is 42.4 Å². The summed E-state index contributed by atoms with van der Waals surface area (Å²) in [5.74, 6) is -0.0102. The van der Waals surface area contributed by atoms with E-state index in [-0.39, 0.29) is 6.61 Å². The molecule has 0 amide bonds. The van der Waals surface area contributed by atoms with Crippen LogP contribution in [0, 0.1) is 0 Å². The lowest BCUT2D eigenvalue weighted by Gasteiger charge is -2.05. The number of oxazole rings is 1. The molecule has 5 heteroatoms. The summed E-state index contributed by atoms with van der Waals surface area (Å²) in [4.78, 5) is 14.6. The summed E-state index contributed by atoms with van der Waals surface area (Å²) >= 11 is 0. The number of ether oxygens (including phenoxy) is 1. The maximum atomic E-state index is 10.6. The highest BCUT2D eigenvalue weighted by molar-refractivity contribution is 5.71. The lowest BCUT2D eigenvalue weighted by Crippen LogP contribution is -2.19. The highest BCUT2D eigenvalue weighted by atomic mass is 16.5. The SMILES string of the molecule is C[C@@H](OCc1ncc(-c2ccccc2)o1)C(=O)O. The zero-order valence-corrected chi connectivity index (χ0v) is 9.87. The third-order valence-electron chi connectivity index (χ3n) is 2.42. The molecule has 18 heavy (non-hydrogen) atoms. The van der Waals surface area contributed by atoms with Crippen molar-refractivity contribution in [3.8, 4) is 11.3 Å². The molecule has 2 rings (SSSR count). The molecule has 0 aliphatic carbocycles. The van der Waals surface area contributed by atoms with Gasteiger partial charge in [0.1, 0.15) is 6.61 Å². The minimum absolute atomic E-state index is 0.0420. The van der Waals surface area contributed by atoms with Crippen LogP contribution in [-0.4, -0.2) is 22.2 Å². The van der Waals surface area contributed by atoms with Crippen LogP contribution in [-0.2, 0) is 16.1 Å². The molecule has 0 radical (unpaired) electrons. The highest BCUT2D eigenvalue weighted by Crippen LogP contribution is 2.20. The van der Waals surface area contributed by atoms with E-state index in [2.05, 4.69) is 4.98 Å². The summed E-state index contributed by atoms with van der Waals surface area (Å²) in [5, 5.41) is 8.67. The van der Waals surface area contributed by atoms with Crippen molar-refractivity contribution in [2.45, 2.75) is 19.6 Å². The van der Waals surface area contributed by atoms with E-state index in [1.165, 1.54) is 6.92 Å². The lowest BCUT2D eigenvalue weighted by atomic mass is 10.2. The minimum Gasteiger partial charge on any atom is -0.479 e. The third kappa shape index (κ3) is 2.95. The van der Waals surface area contributed by atoms with Gasteiger partial charge in [-0.15, -0.1) is 0 Å². The van der Waals surface area contributed by atoms with Crippen LogP contribution in [0.15, 0.2) is 40.9 Å². The van der Waals surface area contributed by atoms with E-state index in [1.54, 1.807) is 6.20 Å². The van der Waals surface area contributed by atoms with Gasteiger partial charge in [0.05, 0.1) is 6.20 Å². The predicted molar refractivity (Wildman–Crippen MR) is 63.8 cm³/mol. The second-order valence-electron chi connectivity index (χ2n) is 3.78. The topological polar surface area (TPSA) is 72.6 Å². The molecule has 0 bridgehead atoms. The molecule has 1 heterocycles. The fourth-order valence-corrected chi connectivity index (χ4v) is 1.38. The normalized spacial score (nSPS) is 12.3. The van der Waals surface area contributed by atoms with E-state index >= 15 is 0 Å². The van der Waals surface area contributed by atoms with Crippen LogP contribution in [0.4, 0.5) is 0 Å². The molecule has 0 saturated carbocycles. The quantitative estimate of drug-likeness (QED) is 0.877. The summed E-state index contributed by atoms with van der Waals surface area (Å²) in [5.41, 5.74) is 0.919. The van der Waals surface area contributed by atoms with Crippen LogP contribution in [0.1, 0.15) is 12.8 Å². The van der Waals surface area contributed by atoms with Crippen LogP contribution >= 0.6 is 0 Å². The summed E-state index contributed by atoms with van der Waals surface area (Å²) in [6.07, 6.45) is 0.719. The summed E-state index contributed by atoms with van der Waals surface area (Å²) in [6.45, 7) is 1.50. The van der Waals surface area contributed by atoms with Crippen molar-refractivity contribution < 1.29 is 19.1 Å². The van der Waals surface area contributed by atoms with Gasteiger partial charge in [-0.3, -0.25) is 0 Å². The third-order valence-corrected chi connectivity index (χ3v) is 2.42. The molecule has 94 valence electrons. The lowest BCUT2D eigenvalue weighted by molar-refractivity contribution is -0.150. The van der Waals surface area contributed by atoms with Gasteiger partial charge in [0.2, 0.25) is 5.89 Å². The van der Waals surface area contributed by atoms with E-state index in [4.69, 9.17) is 14.3 Å². The zero-order chi connectivity index (χ0) is 13.0. The molecule has 1 N–H and O–H groups in total. The van der Waals surface area contributed by atoms with E-state index in [9.17, 15) is 4.79 Å². The Hall–Kier alpha value is -2.14. The number of rotatable bonds is 5. The largest absolute Gasteiger partial charge is 0.479 e. The van der Waals surface area contributed by atoms with Crippen LogP contribution in [0.3, 0.4) is 0 Å². The Bertz CT molecular complexity index is 521. The zero-order valence-electron chi connectivity index (χ0n) is 9.87. The standard InChI is InChI=1S/C13H13NO4/c1-9(13(15)16)17-8-12-14-7-11(18-12)10-5-3-2-4-6-10/h2-7,9H,8H2,1H3,(H,15,16)/t9-/m1/s1. The molecule has 1 atom stereocenters. The molecule has 0 aliphatic rings. The average Bonchev–Trinajstić information content (AvgIpc) is 2.85. The van der Waals surface area contributed by atoms with Gasteiger partial charge < -0.3 is 14.3 Å². The highest BCUT2D eigenvalue weighted by Gasteiger charge is 2.13. The number of carbonyl (C=O) groups is 1. The summed E-state index contributed by atoms with van der Waals surface area (Å²) in [7, 11) is 0. The van der Waals surface area contributed by atoms with Gasteiger partial charge in [-0.2, -0.15) is 0 Å². The monoisotopic (exact) mass is 247 g/mol. The van der Waals surface area contributed by atoms with Crippen molar-refractivity contribution in [1.29, 1.82) is 0 Å². The number of aliphatic carboxylic acids is 1. The van der Waals surface area contributed by atoms with Gasteiger partial charge in [-0.05, 0) is 6.92 Å². The van der Waals surface area contributed by atoms with Crippen LogP contribution in [0.5, 0.6) is 0 Å². The molecule has 0 fully saturated rings. The fourth-order valence-electron chi connectivity index (χ4n) is 1.38. The van der Waals surface area contributed by atoms with Crippen molar-refractivity contribution in [1.82, 2.24) is 4.98 Å². The Kier molecular flexibility index (Phi) is 3.74. The van der Waals surface area contributed by atoms with E-state index in [1.807, 2.05) is 30.3 Å². The molecular formula is C13H13NO4. The number of benzene rings is 1. The Morgan fingerprint density at radius 2 is 2.17 bits per heavy atom. The summed E-state index contributed by atoms with van der Waals surface area (Å²) in [6, 6.07) is 9.54. The van der Waals surface area contributed by atoms with Gasteiger partial charge in [0.15, 0.2) is 11.9 Å². The Morgan fingerprint density at radius 1 is 1.44 bits per heavy atom. The Balaban J connectivity index is 2.01. The number of carboxylic acid groups (broad SMARTS) is 1. The second kappa shape index (κ2) is 5.46. The molecule has 0 saturated heterocycles. The maximum absolute atomic E-state index is 10.6. The van der Waals surface area contributed by atoms with Gasteiger partial charge in [-0.25, -0.2) is 9.78 Å². The number of hydrogen-bond acceptors (Lipinski definition) is 4. The van der Waals surface area contributed by atoms with Crippen molar-refractivity contribution in [2.75, 3.05) is 0 Å². The number of aromatic nitrogens is 1. The summed E-state index contributed by atoms with van der Waals surface area (Å²) < 4.78 is 10.6. The van der Waals surface area contributed by atoms with Crippen molar-refractivity contribution >= 4 is 5.97 Å². The van der Waals surface area contributed by atoms with Gasteiger partial charge in [0, 0.05) is 5.56 Å². The molecular weight excluding hydrogens is 234 g/mol. The molecule has 0 aliphatic heterocycles. The Labute approximate surface area is 104 Å². The minimum atomic E-state index is -1.01.